The number of benzene rings is 2. The third-order valence-corrected chi connectivity index (χ3v) is 3.73. The first kappa shape index (κ1) is 20.1. The summed E-state index contributed by atoms with van der Waals surface area (Å²) in [5.74, 6) is 0.379. The van der Waals surface area contributed by atoms with Gasteiger partial charge in [0.25, 0.3) is 5.69 Å². The number of carbonyl (C=O) groups is 1. The van der Waals surface area contributed by atoms with Gasteiger partial charge in [0.15, 0.2) is 5.11 Å². The molecular weight excluding hydrogens is 366 g/mol. The van der Waals surface area contributed by atoms with Crippen LogP contribution in [-0.2, 0) is 4.79 Å². The minimum absolute atomic E-state index is 0.00806. The van der Waals surface area contributed by atoms with Crippen molar-refractivity contribution >= 4 is 40.7 Å². The molecule has 0 aliphatic heterocycles. The Morgan fingerprint density at radius 3 is 2.56 bits per heavy atom. The van der Waals surface area contributed by atoms with Gasteiger partial charge in [-0.1, -0.05) is 12.1 Å². The van der Waals surface area contributed by atoms with Gasteiger partial charge in [-0.25, -0.2) is 0 Å². The minimum Gasteiger partial charge on any atom is -0.494 e. The van der Waals surface area contributed by atoms with Crippen LogP contribution >= 0.6 is 12.2 Å². The van der Waals surface area contributed by atoms with Crippen LogP contribution < -0.4 is 15.4 Å². The fourth-order valence-electron chi connectivity index (χ4n) is 2.22. The highest BCUT2D eigenvalue weighted by molar-refractivity contribution is 7.80. The Hall–Kier alpha value is -3.26. The Balaban J connectivity index is 1.91. The quantitative estimate of drug-likeness (QED) is 0.340. The normalized spacial score (nSPS) is 10.4. The lowest BCUT2D eigenvalue weighted by Crippen LogP contribution is -2.33. The molecule has 0 unspecified atom stereocenters. The van der Waals surface area contributed by atoms with Crippen LogP contribution in [0.15, 0.2) is 48.5 Å². The number of nitrogens with zero attached hydrogens (tertiary/aromatic N) is 1. The number of carbonyl (C=O) groups excluding carboxylic acids is 1. The zero-order valence-corrected chi connectivity index (χ0v) is 15.7. The van der Waals surface area contributed by atoms with Gasteiger partial charge in [-0.05, 0) is 61.5 Å². The largest absolute Gasteiger partial charge is 0.494 e. The molecule has 0 fully saturated rings. The van der Waals surface area contributed by atoms with E-state index in [0.29, 0.717) is 17.9 Å². The second-order valence-corrected chi connectivity index (χ2v) is 5.94. The van der Waals surface area contributed by atoms with Gasteiger partial charge in [-0.15, -0.1) is 0 Å². The molecule has 0 saturated heterocycles. The van der Waals surface area contributed by atoms with Gasteiger partial charge in [-0.2, -0.15) is 0 Å². The monoisotopic (exact) mass is 385 g/mol. The average Bonchev–Trinajstić information content (AvgIpc) is 2.63. The lowest BCUT2D eigenvalue weighted by Gasteiger charge is -2.10. The van der Waals surface area contributed by atoms with Crippen LogP contribution in [0.3, 0.4) is 0 Å². The van der Waals surface area contributed by atoms with Crippen molar-refractivity contribution in [2.75, 3.05) is 11.9 Å². The van der Waals surface area contributed by atoms with E-state index in [1.54, 1.807) is 19.1 Å². The summed E-state index contributed by atoms with van der Waals surface area (Å²) in [7, 11) is 0. The van der Waals surface area contributed by atoms with Gasteiger partial charge >= 0.3 is 0 Å². The summed E-state index contributed by atoms with van der Waals surface area (Å²) in [6, 6.07) is 11.7. The highest BCUT2D eigenvalue weighted by atomic mass is 32.1. The molecule has 0 bridgehead atoms. The smallest absolute Gasteiger partial charge is 0.269 e. The molecule has 0 aromatic heterocycles. The van der Waals surface area contributed by atoms with Crippen molar-refractivity contribution in [2.24, 2.45) is 0 Å². The Kier molecular flexibility index (Phi) is 7.01. The fourth-order valence-corrected chi connectivity index (χ4v) is 2.43. The summed E-state index contributed by atoms with van der Waals surface area (Å²) in [6.07, 6.45) is 3.02. The highest BCUT2D eigenvalue weighted by Gasteiger charge is 2.09. The fraction of sp³-hybridized carbons (Fsp3) is 0.158. The van der Waals surface area contributed by atoms with Crippen LogP contribution in [0.5, 0.6) is 5.75 Å². The van der Waals surface area contributed by atoms with Crippen molar-refractivity contribution in [3.63, 3.8) is 0 Å². The Morgan fingerprint density at radius 1 is 1.26 bits per heavy atom. The first-order chi connectivity index (χ1) is 12.9. The number of hydrogen-bond acceptors (Lipinski definition) is 5. The molecule has 8 heteroatoms. The lowest BCUT2D eigenvalue weighted by atomic mass is 10.2. The first-order valence-corrected chi connectivity index (χ1v) is 8.58. The van der Waals surface area contributed by atoms with Gasteiger partial charge in [0.2, 0.25) is 5.91 Å². The molecule has 140 valence electrons. The van der Waals surface area contributed by atoms with Crippen LogP contribution in [0.1, 0.15) is 18.1 Å². The number of ether oxygens (including phenoxy) is 1. The SMILES string of the molecule is CCOc1ccc(/C=C/C(=O)NC(=S)Nc2ccc([N+](=O)[O-])cc2C)cc1. The minimum atomic E-state index is -0.470. The summed E-state index contributed by atoms with van der Waals surface area (Å²) in [5.41, 5.74) is 2.07. The number of rotatable bonds is 6. The van der Waals surface area contributed by atoms with Crippen molar-refractivity contribution in [3.05, 3.63) is 69.8 Å². The molecule has 7 nitrogen and oxygen atoms in total. The van der Waals surface area contributed by atoms with Gasteiger partial charge in [0, 0.05) is 23.9 Å². The van der Waals surface area contributed by atoms with E-state index in [2.05, 4.69) is 10.6 Å². The molecule has 0 aliphatic rings. The topological polar surface area (TPSA) is 93.5 Å². The standard InChI is InChI=1S/C19H19N3O4S/c1-3-26-16-8-4-14(5-9-16)6-11-18(23)21-19(27)20-17-10-7-15(22(24)25)12-13(17)2/h4-12H,3H2,1-2H3,(H2,20,21,23,27)/b11-6+. The molecule has 2 N–H and O–H groups in total. The van der Waals surface area contributed by atoms with Crippen LogP contribution in [0.2, 0.25) is 0 Å². The number of nitrogens with one attached hydrogen (secondary N) is 2. The molecule has 2 aromatic carbocycles. The van der Waals surface area contributed by atoms with E-state index in [1.165, 1.54) is 18.2 Å². The number of nitro groups is 1. The second kappa shape index (κ2) is 9.44. The van der Waals surface area contributed by atoms with E-state index < -0.39 is 4.92 Å². The number of amides is 1. The Labute approximate surface area is 162 Å². The van der Waals surface area contributed by atoms with Crippen LogP contribution in [-0.4, -0.2) is 22.5 Å². The van der Waals surface area contributed by atoms with Gasteiger partial charge in [0.05, 0.1) is 11.5 Å². The van der Waals surface area contributed by atoms with E-state index in [0.717, 1.165) is 11.3 Å². The molecule has 0 saturated carbocycles. The zero-order valence-electron chi connectivity index (χ0n) is 14.9. The maximum absolute atomic E-state index is 12.0. The zero-order chi connectivity index (χ0) is 19.8. The number of nitro benzene ring substituents is 1. The summed E-state index contributed by atoms with van der Waals surface area (Å²) in [6.45, 7) is 4.22. The van der Waals surface area contributed by atoms with Crippen molar-refractivity contribution in [1.29, 1.82) is 0 Å². The number of thiocarbonyl (C=S) groups is 1. The van der Waals surface area contributed by atoms with Crippen LogP contribution in [0.25, 0.3) is 6.08 Å². The first-order valence-electron chi connectivity index (χ1n) is 8.17. The number of non-ortho nitro benzene ring substituents is 1. The van der Waals surface area contributed by atoms with Crippen LogP contribution in [0.4, 0.5) is 11.4 Å². The second-order valence-electron chi connectivity index (χ2n) is 5.54. The molecule has 0 atom stereocenters. The van der Waals surface area contributed by atoms with E-state index in [9.17, 15) is 14.9 Å². The highest BCUT2D eigenvalue weighted by Crippen LogP contribution is 2.21. The molecule has 2 rings (SSSR count). The van der Waals surface area contributed by atoms with Crippen molar-refractivity contribution in [2.45, 2.75) is 13.8 Å². The van der Waals surface area contributed by atoms with Gasteiger partial charge in [-0.3, -0.25) is 20.2 Å². The Morgan fingerprint density at radius 2 is 1.96 bits per heavy atom. The predicted octanol–water partition coefficient (Wildman–Crippen LogP) is 3.83. The number of anilines is 1. The summed E-state index contributed by atoms with van der Waals surface area (Å²) < 4.78 is 5.36. The molecule has 27 heavy (non-hydrogen) atoms. The molecule has 1 amide bonds. The maximum atomic E-state index is 12.0. The third kappa shape index (κ3) is 6.19. The molecule has 0 heterocycles. The molecular formula is C19H19N3O4S. The predicted molar refractivity (Wildman–Crippen MR) is 109 cm³/mol. The van der Waals surface area contributed by atoms with E-state index in [1.807, 2.05) is 31.2 Å². The van der Waals surface area contributed by atoms with Gasteiger partial charge in [0.1, 0.15) is 5.75 Å². The summed E-state index contributed by atoms with van der Waals surface area (Å²) in [4.78, 5) is 22.3. The van der Waals surface area contributed by atoms with E-state index >= 15 is 0 Å². The third-order valence-electron chi connectivity index (χ3n) is 3.52. The Bertz CT molecular complexity index is 879. The van der Waals surface area contributed by atoms with E-state index in [-0.39, 0.29) is 16.7 Å². The van der Waals surface area contributed by atoms with Crippen molar-refractivity contribution in [1.82, 2.24) is 5.32 Å². The molecule has 2 aromatic rings. The lowest BCUT2D eigenvalue weighted by molar-refractivity contribution is -0.384. The number of aryl methyl sites for hydroxylation is 1. The molecule has 0 spiro atoms. The number of hydrogen-bond donors (Lipinski definition) is 2. The average molecular weight is 385 g/mol. The van der Waals surface area contributed by atoms with E-state index in [4.69, 9.17) is 17.0 Å². The van der Waals surface area contributed by atoms with Crippen LogP contribution in [0, 0.1) is 17.0 Å². The van der Waals surface area contributed by atoms with Crippen molar-refractivity contribution < 1.29 is 14.5 Å². The summed E-state index contributed by atoms with van der Waals surface area (Å²) >= 11 is 5.11. The maximum Gasteiger partial charge on any atom is 0.269 e. The molecule has 0 radical (unpaired) electrons. The van der Waals surface area contributed by atoms with Crippen molar-refractivity contribution in [3.8, 4) is 5.75 Å². The summed E-state index contributed by atoms with van der Waals surface area (Å²) in [5, 5.41) is 16.2. The van der Waals surface area contributed by atoms with Gasteiger partial charge < -0.3 is 10.1 Å². The molecule has 0 aliphatic carbocycles.